The Hall–Kier alpha value is -1.76. The molecule has 0 saturated heterocycles. The second-order valence-electron chi connectivity index (χ2n) is 5.89. The summed E-state index contributed by atoms with van der Waals surface area (Å²) in [6.45, 7) is 0. The van der Waals surface area contributed by atoms with Crippen LogP contribution >= 0.6 is 0 Å². The van der Waals surface area contributed by atoms with Crippen LogP contribution in [0.15, 0.2) is 53.7 Å². The van der Waals surface area contributed by atoms with E-state index in [9.17, 15) is 13.5 Å². The third-order valence-corrected chi connectivity index (χ3v) is 5.73. The Balaban J connectivity index is 1.73. The van der Waals surface area contributed by atoms with Gasteiger partial charge in [0, 0.05) is 18.4 Å². The van der Waals surface area contributed by atoms with Crippen molar-refractivity contribution >= 4 is 10.0 Å². The van der Waals surface area contributed by atoms with Crippen LogP contribution in [0.1, 0.15) is 25.7 Å². The van der Waals surface area contributed by atoms with Gasteiger partial charge in [-0.05, 0) is 61.1 Å². The number of pyridine rings is 1. The molecule has 1 aromatic heterocycles. The molecule has 0 aliphatic heterocycles. The van der Waals surface area contributed by atoms with E-state index in [1.54, 1.807) is 36.7 Å². The fourth-order valence-corrected chi connectivity index (χ4v) is 4.16. The van der Waals surface area contributed by atoms with Crippen LogP contribution in [-0.2, 0) is 10.0 Å². The number of nitrogens with one attached hydrogen (secondary N) is 1. The second kappa shape index (κ2) is 6.78. The molecule has 5 nitrogen and oxygen atoms in total. The van der Waals surface area contributed by atoms with E-state index in [4.69, 9.17) is 0 Å². The van der Waals surface area contributed by atoms with Crippen LogP contribution in [0.4, 0.5) is 0 Å². The van der Waals surface area contributed by atoms with Crippen molar-refractivity contribution in [3.05, 3.63) is 48.8 Å². The molecule has 1 aliphatic carbocycles. The number of hydrogen-bond donors (Lipinski definition) is 2. The molecule has 23 heavy (non-hydrogen) atoms. The minimum atomic E-state index is -3.52. The molecule has 0 atom stereocenters. The zero-order chi connectivity index (χ0) is 16.3. The Morgan fingerprint density at radius 2 is 1.48 bits per heavy atom. The molecule has 1 heterocycles. The van der Waals surface area contributed by atoms with Crippen molar-refractivity contribution in [1.82, 2.24) is 9.71 Å². The third-order valence-electron chi connectivity index (χ3n) is 4.20. The number of aliphatic hydroxyl groups is 1. The summed E-state index contributed by atoms with van der Waals surface area (Å²) >= 11 is 0. The number of benzene rings is 1. The fourth-order valence-electron chi connectivity index (χ4n) is 2.85. The lowest BCUT2D eigenvalue weighted by atomic mass is 9.94. The molecule has 0 spiro atoms. The van der Waals surface area contributed by atoms with E-state index in [0.29, 0.717) is 25.7 Å². The van der Waals surface area contributed by atoms with E-state index in [2.05, 4.69) is 9.71 Å². The number of rotatable bonds is 4. The van der Waals surface area contributed by atoms with Gasteiger partial charge in [-0.2, -0.15) is 0 Å². The highest BCUT2D eigenvalue weighted by atomic mass is 32.2. The van der Waals surface area contributed by atoms with Gasteiger partial charge in [-0.15, -0.1) is 0 Å². The van der Waals surface area contributed by atoms with Crippen molar-refractivity contribution in [3.8, 4) is 11.1 Å². The SMILES string of the molecule is O=S(=O)(NC1CCC(O)CC1)c1ccc(-c2ccncc2)cc1. The standard InChI is InChI=1S/C17H20N2O3S/c20-16-5-3-15(4-6-16)19-23(21,22)17-7-1-13(2-8-17)14-9-11-18-12-10-14/h1-2,7-12,15-16,19-20H,3-6H2. The maximum Gasteiger partial charge on any atom is 0.240 e. The van der Waals surface area contributed by atoms with Crippen LogP contribution in [-0.4, -0.2) is 30.7 Å². The van der Waals surface area contributed by atoms with Crippen molar-refractivity contribution < 1.29 is 13.5 Å². The molecule has 1 fully saturated rings. The van der Waals surface area contributed by atoms with E-state index in [-0.39, 0.29) is 17.0 Å². The van der Waals surface area contributed by atoms with Gasteiger partial charge in [-0.1, -0.05) is 12.1 Å². The summed E-state index contributed by atoms with van der Waals surface area (Å²) in [6.07, 6.45) is 5.76. The fraction of sp³-hybridized carbons (Fsp3) is 0.353. The van der Waals surface area contributed by atoms with Crippen LogP contribution in [0.5, 0.6) is 0 Å². The van der Waals surface area contributed by atoms with Crippen LogP contribution < -0.4 is 4.72 Å². The summed E-state index contributed by atoms with van der Waals surface area (Å²) in [6, 6.07) is 10.5. The summed E-state index contributed by atoms with van der Waals surface area (Å²) in [4.78, 5) is 4.24. The topological polar surface area (TPSA) is 79.3 Å². The molecule has 2 aromatic rings. The molecule has 0 unspecified atom stereocenters. The summed E-state index contributed by atoms with van der Waals surface area (Å²) in [5.41, 5.74) is 1.95. The van der Waals surface area contributed by atoms with Crippen LogP contribution in [0.3, 0.4) is 0 Å². The minimum Gasteiger partial charge on any atom is -0.393 e. The predicted molar refractivity (Wildman–Crippen MR) is 88.3 cm³/mol. The van der Waals surface area contributed by atoms with E-state index < -0.39 is 10.0 Å². The summed E-state index contributed by atoms with van der Waals surface area (Å²) in [5.74, 6) is 0. The van der Waals surface area contributed by atoms with Gasteiger partial charge in [0.25, 0.3) is 0 Å². The first-order valence-electron chi connectivity index (χ1n) is 7.75. The van der Waals surface area contributed by atoms with E-state index in [1.807, 2.05) is 12.1 Å². The monoisotopic (exact) mass is 332 g/mol. The van der Waals surface area contributed by atoms with Crippen molar-refractivity contribution in [3.63, 3.8) is 0 Å². The molecule has 1 aromatic carbocycles. The van der Waals surface area contributed by atoms with E-state index in [0.717, 1.165) is 11.1 Å². The number of aliphatic hydroxyl groups excluding tert-OH is 1. The van der Waals surface area contributed by atoms with Gasteiger partial charge in [0.05, 0.1) is 11.0 Å². The molecule has 0 bridgehead atoms. The number of hydrogen-bond acceptors (Lipinski definition) is 4. The first-order valence-corrected chi connectivity index (χ1v) is 9.24. The lowest BCUT2D eigenvalue weighted by Crippen LogP contribution is -2.38. The average Bonchev–Trinajstić information content (AvgIpc) is 2.58. The van der Waals surface area contributed by atoms with Crippen molar-refractivity contribution in [2.45, 2.75) is 42.7 Å². The molecular weight excluding hydrogens is 312 g/mol. The molecule has 2 N–H and O–H groups in total. The summed E-state index contributed by atoms with van der Waals surface area (Å²) in [7, 11) is -3.52. The van der Waals surface area contributed by atoms with Crippen molar-refractivity contribution in [2.24, 2.45) is 0 Å². The smallest absolute Gasteiger partial charge is 0.240 e. The molecule has 0 radical (unpaired) electrons. The lowest BCUT2D eigenvalue weighted by molar-refractivity contribution is 0.120. The molecule has 1 aliphatic rings. The van der Waals surface area contributed by atoms with Gasteiger partial charge >= 0.3 is 0 Å². The Labute approximate surface area is 136 Å². The molecular formula is C17H20N2O3S. The largest absolute Gasteiger partial charge is 0.393 e. The Morgan fingerprint density at radius 1 is 0.913 bits per heavy atom. The van der Waals surface area contributed by atoms with Gasteiger partial charge < -0.3 is 5.11 Å². The van der Waals surface area contributed by atoms with Gasteiger partial charge in [-0.3, -0.25) is 4.98 Å². The highest BCUT2D eigenvalue weighted by Gasteiger charge is 2.24. The summed E-state index contributed by atoms with van der Waals surface area (Å²) in [5, 5.41) is 9.50. The quantitative estimate of drug-likeness (QED) is 0.900. The van der Waals surface area contributed by atoms with Crippen molar-refractivity contribution in [2.75, 3.05) is 0 Å². The predicted octanol–water partition coefficient (Wildman–Crippen LogP) is 2.33. The molecule has 0 amide bonds. The van der Waals surface area contributed by atoms with Gasteiger partial charge in [-0.25, -0.2) is 13.1 Å². The Kier molecular flexibility index (Phi) is 4.75. The van der Waals surface area contributed by atoms with Crippen molar-refractivity contribution in [1.29, 1.82) is 0 Å². The maximum atomic E-state index is 12.4. The molecule has 1 saturated carbocycles. The van der Waals surface area contributed by atoms with Gasteiger partial charge in [0.1, 0.15) is 0 Å². The number of nitrogens with zero attached hydrogens (tertiary/aromatic N) is 1. The third kappa shape index (κ3) is 3.96. The van der Waals surface area contributed by atoms with Crippen LogP contribution in [0, 0.1) is 0 Å². The normalized spacial score (nSPS) is 22.0. The Bertz CT molecular complexity index is 737. The first kappa shape index (κ1) is 16.1. The first-order chi connectivity index (χ1) is 11.0. The second-order valence-corrected chi connectivity index (χ2v) is 7.60. The zero-order valence-electron chi connectivity index (χ0n) is 12.7. The van der Waals surface area contributed by atoms with Gasteiger partial charge in [0.2, 0.25) is 10.0 Å². The highest BCUT2D eigenvalue weighted by Crippen LogP contribution is 2.23. The number of aromatic nitrogens is 1. The lowest BCUT2D eigenvalue weighted by Gasteiger charge is -2.26. The maximum absolute atomic E-state index is 12.4. The highest BCUT2D eigenvalue weighted by molar-refractivity contribution is 7.89. The molecule has 6 heteroatoms. The Morgan fingerprint density at radius 3 is 2.09 bits per heavy atom. The minimum absolute atomic E-state index is 0.0942. The molecule has 3 rings (SSSR count). The summed E-state index contributed by atoms with van der Waals surface area (Å²) < 4.78 is 27.6. The zero-order valence-corrected chi connectivity index (χ0v) is 13.5. The molecule has 122 valence electrons. The van der Waals surface area contributed by atoms with Gasteiger partial charge in [0.15, 0.2) is 0 Å². The van der Waals surface area contributed by atoms with E-state index in [1.165, 1.54) is 0 Å². The number of sulfonamides is 1. The van der Waals surface area contributed by atoms with Crippen LogP contribution in [0.2, 0.25) is 0 Å². The average molecular weight is 332 g/mol. The van der Waals surface area contributed by atoms with Crippen LogP contribution in [0.25, 0.3) is 11.1 Å². The van der Waals surface area contributed by atoms with E-state index >= 15 is 0 Å².